The van der Waals surface area contributed by atoms with Gasteiger partial charge in [0.15, 0.2) is 0 Å². The molecule has 1 fully saturated rings. The number of benzene rings is 1. The van der Waals surface area contributed by atoms with E-state index < -0.39 is 10.0 Å². The lowest BCUT2D eigenvalue weighted by atomic mass is 10.3. The highest BCUT2D eigenvalue weighted by atomic mass is 32.2. The van der Waals surface area contributed by atoms with Crippen LogP contribution in [0.4, 0.5) is 5.69 Å². The van der Waals surface area contributed by atoms with Gasteiger partial charge in [0, 0.05) is 39.1 Å². The summed E-state index contributed by atoms with van der Waals surface area (Å²) >= 11 is 0. The first-order chi connectivity index (χ1) is 12.9. The van der Waals surface area contributed by atoms with Crippen LogP contribution in [0.25, 0.3) is 0 Å². The fraction of sp³-hybridized carbons (Fsp3) is 0.611. The van der Waals surface area contributed by atoms with E-state index in [1.165, 1.54) is 4.31 Å². The molecule has 0 radical (unpaired) electrons. The zero-order valence-electron chi connectivity index (χ0n) is 16.0. The lowest BCUT2D eigenvalue weighted by Crippen LogP contribution is -2.42. The van der Waals surface area contributed by atoms with E-state index in [4.69, 9.17) is 9.47 Å². The second kappa shape index (κ2) is 10.5. The summed E-state index contributed by atoms with van der Waals surface area (Å²) in [5.41, 5.74) is 0.516. The van der Waals surface area contributed by atoms with E-state index in [0.717, 1.165) is 39.1 Å². The number of nitrogens with one attached hydrogen (secondary N) is 1. The lowest BCUT2D eigenvalue weighted by molar-refractivity contribution is -0.120. The monoisotopic (exact) mass is 399 g/mol. The van der Waals surface area contributed by atoms with Crippen LogP contribution in [0, 0.1) is 0 Å². The number of carbonyl (C=O) groups is 1. The molecule has 1 saturated heterocycles. The average molecular weight is 400 g/mol. The summed E-state index contributed by atoms with van der Waals surface area (Å²) in [7, 11) is -3.49. The van der Waals surface area contributed by atoms with Crippen molar-refractivity contribution in [1.29, 1.82) is 0 Å². The van der Waals surface area contributed by atoms with Crippen molar-refractivity contribution in [3.8, 4) is 5.75 Å². The molecule has 1 aliphatic rings. The minimum Gasteiger partial charge on any atom is -0.494 e. The summed E-state index contributed by atoms with van der Waals surface area (Å²) in [6.07, 6.45) is 1.24. The molecule has 2 rings (SSSR count). The van der Waals surface area contributed by atoms with Crippen molar-refractivity contribution in [2.45, 2.75) is 13.3 Å². The zero-order chi connectivity index (χ0) is 19.7. The standard InChI is InChI=1S/C18H29N3O5S/c1-3-26-17-6-4-16(5-7-17)21(27(2,23)24)10-8-18(22)19-9-11-20-12-14-25-15-13-20/h4-7H,3,8-15H2,1-2H3,(H,19,22). The molecule has 0 saturated carbocycles. The van der Waals surface area contributed by atoms with Crippen LogP contribution in [0.5, 0.6) is 5.75 Å². The summed E-state index contributed by atoms with van der Waals surface area (Å²) in [5.74, 6) is 0.512. The van der Waals surface area contributed by atoms with Crippen LogP contribution in [-0.2, 0) is 19.6 Å². The second-order valence-corrected chi connectivity index (χ2v) is 8.22. The zero-order valence-corrected chi connectivity index (χ0v) is 16.8. The van der Waals surface area contributed by atoms with Crippen LogP contribution in [0.3, 0.4) is 0 Å². The molecule has 1 aromatic rings. The topological polar surface area (TPSA) is 88.2 Å². The van der Waals surface area contributed by atoms with E-state index in [0.29, 0.717) is 24.6 Å². The summed E-state index contributed by atoms with van der Waals surface area (Å²) < 4.78 is 36.1. The van der Waals surface area contributed by atoms with Crippen LogP contribution in [0.15, 0.2) is 24.3 Å². The van der Waals surface area contributed by atoms with Crippen molar-refractivity contribution < 1.29 is 22.7 Å². The molecule has 1 aromatic carbocycles. The number of hydrogen-bond donors (Lipinski definition) is 1. The number of amides is 1. The van der Waals surface area contributed by atoms with Crippen LogP contribution in [0.1, 0.15) is 13.3 Å². The number of rotatable bonds is 10. The fourth-order valence-corrected chi connectivity index (χ4v) is 3.76. The van der Waals surface area contributed by atoms with Gasteiger partial charge >= 0.3 is 0 Å². The molecule has 0 spiro atoms. The molecule has 0 unspecified atom stereocenters. The molecule has 1 aliphatic heterocycles. The van der Waals surface area contributed by atoms with E-state index >= 15 is 0 Å². The fourth-order valence-electron chi connectivity index (χ4n) is 2.83. The summed E-state index contributed by atoms with van der Waals surface area (Å²) in [5, 5.41) is 2.85. The molecule has 0 aliphatic carbocycles. The quantitative estimate of drug-likeness (QED) is 0.623. The minimum absolute atomic E-state index is 0.0935. The Morgan fingerprint density at radius 1 is 1.26 bits per heavy atom. The normalized spacial score (nSPS) is 15.3. The van der Waals surface area contributed by atoms with Gasteiger partial charge in [-0.3, -0.25) is 14.0 Å². The smallest absolute Gasteiger partial charge is 0.232 e. The maximum Gasteiger partial charge on any atom is 0.232 e. The Morgan fingerprint density at radius 3 is 2.52 bits per heavy atom. The number of carbonyl (C=O) groups excluding carboxylic acids is 1. The number of sulfonamides is 1. The van der Waals surface area contributed by atoms with Gasteiger partial charge in [-0.2, -0.15) is 0 Å². The second-order valence-electron chi connectivity index (χ2n) is 6.32. The first-order valence-electron chi connectivity index (χ1n) is 9.17. The molecule has 8 nitrogen and oxygen atoms in total. The molecule has 152 valence electrons. The Balaban J connectivity index is 1.83. The van der Waals surface area contributed by atoms with Crippen molar-refractivity contribution >= 4 is 21.6 Å². The van der Waals surface area contributed by atoms with E-state index in [2.05, 4.69) is 10.2 Å². The Morgan fingerprint density at radius 2 is 1.93 bits per heavy atom. The van der Waals surface area contributed by atoms with Gasteiger partial charge in [-0.1, -0.05) is 0 Å². The molecular formula is C18H29N3O5S. The molecule has 0 aromatic heterocycles. The SMILES string of the molecule is CCOc1ccc(N(CCC(=O)NCCN2CCOCC2)S(C)(=O)=O)cc1. The van der Waals surface area contributed by atoms with Gasteiger partial charge in [0.1, 0.15) is 5.75 Å². The summed E-state index contributed by atoms with van der Waals surface area (Å²) in [6, 6.07) is 6.81. The number of morpholine rings is 1. The molecule has 1 heterocycles. The van der Waals surface area contributed by atoms with Crippen molar-refractivity contribution in [1.82, 2.24) is 10.2 Å². The van der Waals surface area contributed by atoms with Gasteiger partial charge in [-0.05, 0) is 31.2 Å². The molecule has 0 bridgehead atoms. The van der Waals surface area contributed by atoms with Crippen LogP contribution in [-0.4, -0.2) is 78.0 Å². The maximum atomic E-state index is 12.1. The summed E-state index contributed by atoms with van der Waals surface area (Å²) in [4.78, 5) is 14.3. The van der Waals surface area contributed by atoms with Gasteiger partial charge in [0.05, 0.1) is 31.8 Å². The molecule has 9 heteroatoms. The Bertz CT molecular complexity index is 687. The van der Waals surface area contributed by atoms with Gasteiger partial charge in [-0.25, -0.2) is 8.42 Å². The lowest BCUT2D eigenvalue weighted by Gasteiger charge is -2.26. The van der Waals surface area contributed by atoms with Gasteiger partial charge in [0.2, 0.25) is 15.9 Å². The molecule has 1 N–H and O–H groups in total. The van der Waals surface area contributed by atoms with E-state index in [-0.39, 0.29) is 18.9 Å². The third-order valence-corrected chi connectivity index (χ3v) is 5.43. The van der Waals surface area contributed by atoms with Crippen LogP contribution in [0.2, 0.25) is 0 Å². The number of ether oxygens (including phenoxy) is 2. The highest BCUT2D eigenvalue weighted by molar-refractivity contribution is 7.92. The highest BCUT2D eigenvalue weighted by Gasteiger charge is 2.19. The van der Waals surface area contributed by atoms with Gasteiger partial charge in [0.25, 0.3) is 0 Å². The molecule has 27 heavy (non-hydrogen) atoms. The van der Waals surface area contributed by atoms with Crippen molar-refractivity contribution in [3.63, 3.8) is 0 Å². The number of anilines is 1. The van der Waals surface area contributed by atoms with E-state index in [9.17, 15) is 13.2 Å². The Labute approximate surface area is 161 Å². The minimum atomic E-state index is -3.49. The first kappa shape index (κ1) is 21.5. The summed E-state index contributed by atoms with van der Waals surface area (Å²) in [6.45, 7) is 7.01. The third kappa shape index (κ3) is 7.36. The van der Waals surface area contributed by atoms with Crippen molar-refractivity contribution in [2.24, 2.45) is 0 Å². The van der Waals surface area contributed by atoms with Crippen molar-refractivity contribution in [2.75, 3.05) is 63.1 Å². The van der Waals surface area contributed by atoms with E-state index in [1.54, 1.807) is 24.3 Å². The molecular weight excluding hydrogens is 370 g/mol. The largest absolute Gasteiger partial charge is 0.494 e. The highest BCUT2D eigenvalue weighted by Crippen LogP contribution is 2.21. The average Bonchev–Trinajstić information content (AvgIpc) is 2.63. The van der Waals surface area contributed by atoms with Gasteiger partial charge < -0.3 is 14.8 Å². The van der Waals surface area contributed by atoms with Gasteiger partial charge in [-0.15, -0.1) is 0 Å². The predicted octanol–water partition coefficient (Wildman–Crippen LogP) is 0.690. The predicted molar refractivity (Wildman–Crippen MR) is 105 cm³/mol. The third-order valence-electron chi connectivity index (χ3n) is 4.23. The van der Waals surface area contributed by atoms with Crippen LogP contribution >= 0.6 is 0 Å². The van der Waals surface area contributed by atoms with Crippen LogP contribution < -0.4 is 14.4 Å². The molecule has 0 atom stereocenters. The number of nitrogens with zero attached hydrogens (tertiary/aromatic N) is 2. The Hall–Kier alpha value is -1.84. The molecule has 1 amide bonds. The maximum absolute atomic E-state index is 12.1. The number of hydrogen-bond acceptors (Lipinski definition) is 6. The van der Waals surface area contributed by atoms with E-state index in [1.807, 2.05) is 6.92 Å². The first-order valence-corrected chi connectivity index (χ1v) is 11.0. The Kier molecular flexibility index (Phi) is 8.33. The van der Waals surface area contributed by atoms with Crippen molar-refractivity contribution in [3.05, 3.63) is 24.3 Å².